The molecule has 15 amide bonds. The van der Waals surface area contributed by atoms with Gasteiger partial charge >= 0.3 is 5.97 Å². The van der Waals surface area contributed by atoms with E-state index in [2.05, 4.69) is 97.4 Å². The molecule has 1 heterocycles. The number of nitrogens with one attached hydrogen (secondary N) is 16. The van der Waals surface area contributed by atoms with Crippen LogP contribution in [0.15, 0.2) is 30.5 Å². The molecule has 0 unspecified atom stereocenters. The van der Waals surface area contributed by atoms with E-state index in [1.807, 2.05) is 0 Å². The van der Waals surface area contributed by atoms with Gasteiger partial charge < -0.3 is 147 Å². The van der Waals surface area contributed by atoms with Crippen molar-refractivity contribution in [3.05, 3.63) is 36.0 Å². The molecular formula is C83H150N26O17S. The number of unbranched alkanes of at least 4 members (excludes halogenated alkanes) is 9. The first kappa shape index (κ1) is 113. The van der Waals surface area contributed by atoms with Crippen molar-refractivity contribution in [2.75, 3.05) is 64.7 Å². The van der Waals surface area contributed by atoms with Crippen molar-refractivity contribution in [1.82, 2.24) is 84.7 Å². The summed E-state index contributed by atoms with van der Waals surface area (Å²) >= 11 is 3.91. The lowest BCUT2D eigenvalue weighted by Crippen LogP contribution is -2.61. The highest BCUT2D eigenvalue weighted by Crippen LogP contribution is 2.21. The largest absolute Gasteiger partial charge is 0.480 e. The summed E-state index contributed by atoms with van der Waals surface area (Å²) in [4.78, 5) is 226. The average Bonchev–Trinajstić information content (AvgIpc) is 1.77. The highest BCUT2D eigenvalue weighted by Gasteiger charge is 2.38. The van der Waals surface area contributed by atoms with Crippen LogP contribution in [0.25, 0.3) is 10.9 Å². The smallest absolute Gasteiger partial charge is 0.327 e. The normalized spacial score (nSPS) is 15.1. The Hall–Kier alpha value is -9.77. The van der Waals surface area contributed by atoms with Gasteiger partial charge in [-0.1, -0.05) is 24.6 Å². The minimum Gasteiger partial charge on any atom is -0.480 e. The minimum atomic E-state index is -1.46. The van der Waals surface area contributed by atoms with Crippen LogP contribution in [-0.2, 0) is 83.1 Å². The minimum absolute atomic E-state index is 0.00810. The van der Waals surface area contributed by atoms with Gasteiger partial charge in [-0.2, -0.15) is 12.6 Å². The zero-order valence-corrected chi connectivity index (χ0v) is 75.6. The molecule has 1 aromatic carbocycles. The van der Waals surface area contributed by atoms with Gasteiger partial charge in [-0.05, 0) is 272 Å². The number of carboxylic acids is 1. The third-order valence-electron chi connectivity index (χ3n) is 21.2. The lowest BCUT2D eigenvalue weighted by atomic mass is 10.0. The number of H-pyrrole nitrogens is 1. The van der Waals surface area contributed by atoms with Gasteiger partial charge in [-0.3, -0.25) is 71.9 Å². The molecule has 720 valence electrons. The Morgan fingerprint density at radius 2 is 0.488 bits per heavy atom. The highest BCUT2D eigenvalue weighted by atomic mass is 32.1. The van der Waals surface area contributed by atoms with Crippen molar-refractivity contribution in [2.24, 2.45) is 57.3 Å². The molecule has 0 aliphatic heterocycles. The quantitative estimate of drug-likeness (QED) is 0.0217. The van der Waals surface area contributed by atoms with Crippen LogP contribution < -0.4 is 137 Å². The molecule has 0 spiro atoms. The molecular weight excluding hydrogens is 1670 g/mol. The summed E-state index contributed by atoms with van der Waals surface area (Å²) in [5.41, 5.74) is 60.3. The van der Waals surface area contributed by atoms with Gasteiger partial charge in [-0.25, -0.2) is 4.79 Å². The number of aromatic nitrogens is 1. The van der Waals surface area contributed by atoms with Gasteiger partial charge in [0.15, 0.2) is 0 Å². The molecule has 43 nitrogen and oxygen atoms in total. The van der Waals surface area contributed by atoms with E-state index in [0.717, 1.165) is 0 Å². The zero-order valence-electron chi connectivity index (χ0n) is 74.7. The standard InChI is InChI=1S/C83H150N26O17S/c1-49(68(110)96-51(3)70(112)98-53(5)72(114)109-67(48-127)83(125)126)95-69(111)50(2)97-71(113)52(4)99-82(124)66(46-54-47-94-57-28-7-6-26-55(54)57)108-81(123)65(36-16-25-45-92)107-80(122)64(35-15-24-44-91)106-79(121)63(34-14-23-43-90)105-78(120)62(33-13-22-42-89)104-77(119)61(32-12-21-41-88)103-76(118)60(31-11-20-40-87)102-75(117)59(30-10-19-39-86)101-74(116)58(29-9-18-38-85)100-73(115)56(93)27-8-17-37-84/h6-7,26,28,47,49-53,56,58-67,94,127H,8-25,27,29-46,48,84-93H2,1-5H3,(H,95,111)(H,96,110)(H,97,113)(H,98,112)(H,99,124)(H,100,115)(H,101,116)(H,102,117)(H,103,118)(H,104,119)(H,105,120)(H,106,121)(H,107,122)(H,108,123)(H,109,114)(H,125,126)/t49-,50-,51-,52-,53-,56-,58-,59-,60-,61-,62-,63-,64-,65-,66-,67-/m0/s1. The highest BCUT2D eigenvalue weighted by molar-refractivity contribution is 7.80. The fourth-order valence-electron chi connectivity index (χ4n) is 13.4. The van der Waals surface area contributed by atoms with Gasteiger partial charge in [-0.15, -0.1) is 0 Å². The third-order valence-corrected chi connectivity index (χ3v) is 21.6. The van der Waals surface area contributed by atoms with Crippen LogP contribution in [0.2, 0.25) is 0 Å². The summed E-state index contributed by atoms with van der Waals surface area (Å²) in [6.07, 6.45) is 9.30. The molecule has 2 aromatic rings. The third kappa shape index (κ3) is 44.2. The monoisotopic (exact) mass is 1820 g/mol. The van der Waals surface area contributed by atoms with Crippen molar-refractivity contribution in [3.63, 3.8) is 0 Å². The lowest BCUT2D eigenvalue weighted by Gasteiger charge is -2.29. The molecule has 0 radical (unpaired) electrons. The molecule has 16 atom stereocenters. The van der Waals surface area contributed by atoms with E-state index in [1.54, 1.807) is 30.5 Å². The Kier molecular flexibility index (Phi) is 57.9. The zero-order chi connectivity index (χ0) is 94.9. The first-order chi connectivity index (χ1) is 60.6. The predicted molar refractivity (Wildman–Crippen MR) is 485 cm³/mol. The number of fused-ring (bicyclic) bond motifs is 1. The van der Waals surface area contributed by atoms with Crippen LogP contribution in [0.1, 0.15) is 214 Å². The number of aromatic amines is 1. The fourth-order valence-corrected chi connectivity index (χ4v) is 13.6. The second kappa shape index (κ2) is 64.9. The molecule has 0 saturated heterocycles. The van der Waals surface area contributed by atoms with Crippen LogP contribution in [0.5, 0.6) is 0 Å². The van der Waals surface area contributed by atoms with Gasteiger partial charge in [0.2, 0.25) is 88.6 Å². The number of benzene rings is 1. The van der Waals surface area contributed by atoms with E-state index in [4.69, 9.17) is 57.3 Å². The van der Waals surface area contributed by atoms with E-state index in [9.17, 15) is 81.8 Å². The summed E-state index contributed by atoms with van der Waals surface area (Å²) in [7, 11) is 0. The maximum absolute atomic E-state index is 14.9. The van der Waals surface area contributed by atoms with E-state index in [0.29, 0.717) is 132 Å². The molecule has 0 aliphatic rings. The van der Waals surface area contributed by atoms with Crippen LogP contribution in [0, 0.1) is 0 Å². The lowest BCUT2D eigenvalue weighted by molar-refractivity contribution is -0.141. The Bertz CT molecular complexity index is 3740. The van der Waals surface area contributed by atoms with Crippen LogP contribution in [0.4, 0.5) is 0 Å². The van der Waals surface area contributed by atoms with E-state index >= 15 is 0 Å². The molecule has 0 fully saturated rings. The maximum Gasteiger partial charge on any atom is 0.327 e. The number of carbonyl (C=O) groups is 16. The predicted octanol–water partition coefficient (Wildman–Crippen LogP) is -5.42. The molecule has 44 heteroatoms. The number of para-hydroxylation sites is 1. The molecule has 0 aliphatic carbocycles. The number of hydrogen-bond acceptors (Lipinski definition) is 27. The molecule has 0 saturated carbocycles. The summed E-state index contributed by atoms with van der Waals surface area (Å²) in [6.45, 7) is 8.78. The molecule has 127 heavy (non-hydrogen) atoms. The molecule has 37 N–H and O–H groups in total. The van der Waals surface area contributed by atoms with E-state index in [-0.39, 0.29) is 129 Å². The number of hydrogen-bond donors (Lipinski definition) is 28. The first-order valence-corrected chi connectivity index (χ1v) is 45.3. The van der Waals surface area contributed by atoms with Crippen LogP contribution in [-0.4, -0.2) is 266 Å². The number of aliphatic carboxylic acids is 1. The number of amides is 15. The second-order valence-corrected chi connectivity index (χ2v) is 32.4. The Balaban J connectivity index is 2.55. The number of thiol groups is 1. The first-order valence-electron chi connectivity index (χ1n) is 44.6. The van der Waals surface area contributed by atoms with Gasteiger partial charge in [0.1, 0.15) is 90.6 Å². The van der Waals surface area contributed by atoms with Crippen molar-refractivity contribution in [1.29, 1.82) is 0 Å². The topological polar surface area (TPSA) is 750 Å². The van der Waals surface area contributed by atoms with Crippen molar-refractivity contribution >= 4 is 118 Å². The van der Waals surface area contributed by atoms with Gasteiger partial charge in [0, 0.05) is 29.3 Å². The summed E-state index contributed by atoms with van der Waals surface area (Å²) in [5.74, 6) is -13.5. The number of nitrogens with two attached hydrogens (primary N) is 10. The van der Waals surface area contributed by atoms with Gasteiger partial charge in [0.25, 0.3) is 0 Å². The number of rotatable bonds is 70. The summed E-state index contributed by atoms with van der Waals surface area (Å²) < 4.78 is 0. The summed E-state index contributed by atoms with van der Waals surface area (Å²) in [5, 5.41) is 49.6. The Labute approximate surface area is 750 Å². The molecule has 2 rings (SSSR count). The second-order valence-electron chi connectivity index (χ2n) is 32.0. The van der Waals surface area contributed by atoms with Crippen molar-refractivity contribution in [3.8, 4) is 0 Å². The molecule has 0 bridgehead atoms. The molecule has 1 aromatic heterocycles. The van der Waals surface area contributed by atoms with Crippen LogP contribution >= 0.6 is 12.6 Å². The van der Waals surface area contributed by atoms with Gasteiger partial charge in [0.05, 0.1) is 6.04 Å². The number of carboxylic acid groups (broad SMARTS) is 1. The number of carbonyl (C=O) groups excluding carboxylic acids is 15. The van der Waals surface area contributed by atoms with Crippen molar-refractivity contribution < 1.29 is 81.8 Å². The summed E-state index contributed by atoms with van der Waals surface area (Å²) in [6, 6.07) is -13.6. The maximum atomic E-state index is 14.9. The average molecular weight is 1820 g/mol. The van der Waals surface area contributed by atoms with E-state index < -0.39 is 191 Å². The fraction of sp³-hybridized carbons (Fsp3) is 0.711. The SMILES string of the molecule is C[C@H](NC(=O)[C@H](C)NC(=O)[C@H](C)NC(=O)[C@H](Cc1c[nH]c2ccccc12)NC(=O)[C@H](CCCCN)NC(=O)[C@H](CCCCN)NC(=O)[C@H](CCCCN)NC(=O)[C@H](CCCCN)NC(=O)[C@H](CCCCN)NC(=O)[C@H](CCCCN)NC(=O)[C@H](CCCCN)NC(=O)[C@H](CCCCN)NC(=O)[C@@H](N)CCCCN)C(=O)N[C@@H](C)C(=O)N[C@@H](C)C(=O)N[C@@H](CS)C(=O)O. The van der Waals surface area contributed by atoms with Crippen LogP contribution in [0.3, 0.4) is 0 Å². The van der Waals surface area contributed by atoms with Crippen molar-refractivity contribution in [2.45, 2.75) is 311 Å². The van der Waals surface area contributed by atoms with E-state index in [1.165, 1.54) is 34.6 Å². The Morgan fingerprint density at radius 1 is 0.283 bits per heavy atom. The Morgan fingerprint density at radius 3 is 0.732 bits per heavy atom.